The van der Waals surface area contributed by atoms with Crippen LogP contribution in [-0.2, 0) is 6.18 Å². The summed E-state index contributed by atoms with van der Waals surface area (Å²) in [7, 11) is 1.70. The molecule has 0 aliphatic heterocycles. The van der Waals surface area contributed by atoms with Crippen molar-refractivity contribution in [3.05, 3.63) is 47.2 Å². The van der Waals surface area contributed by atoms with Crippen molar-refractivity contribution in [2.45, 2.75) is 6.18 Å². The molecule has 2 rings (SSSR count). The second kappa shape index (κ2) is 5.58. The summed E-state index contributed by atoms with van der Waals surface area (Å²) in [6.07, 6.45) is -1.48. The number of rotatable bonds is 3. The second-order valence-corrected chi connectivity index (χ2v) is 4.46. The number of pyridine rings is 1. The van der Waals surface area contributed by atoms with Gasteiger partial charge in [-0.3, -0.25) is 4.98 Å². The Kier molecular flexibility index (Phi) is 4.04. The molecule has 1 heterocycles. The summed E-state index contributed by atoms with van der Waals surface area (Å²) in [5.41, 5.74) is 0.249. The zero-order valence-electron chi connectivity index (χ0n) is 10.4. The summed E-state index contributed by atoms with van der Waals surface area (Å²) in [4.78, 5) is 3.93. The fourth-order valence-electron chi connectivity index (χ4n) is 1.66. The van der Waals surface area contributed by atoms with Gasteiger partial charge >= 0.3 is 6.18 Å². The van der Waals surface area contributed by atoms with Crippen LogP contribution in [0.1, 0.15) is 5.56 Å². The summed E-state index contributed by atoms with van der Waals surface area (Å²) >= 11 is 5.62. The molecule has 1 aromatic carbocycles. The minimum Gasteiger partial charge on any atom is -0.387 e. The van der Waals surface area contributed by atoms with E-state index in [1.165, 1.54) is 18.3 Å². The van der Waals surface area contributed by atoms with Crippen molar-refractivity contribution >= 4 is 28.7 Å². The minimum absolute atomic E-state index is 0.0324. The van der Waals surface area contributed by atoms with Crippen LogP contribution >= 0.6 is 11.6 Å². The van der Waals surface area contributed by atoms with Crippen LogP contribution in [0.3, 0.4) is 0 Å². The quantitative estimate of drug-likeness (QED) is 0.874. The number of benzene rings is 1. The third-order valence-corrected chi connectivity index (χ3v) is 2.83. The number of alkyl halides is 3. The van der Waals surface area contributed by atoms with Crippen molar-refractivity contribution in [1.82, 2.24) is 4.98 Å². The van der Waals surface area contributed by atoms with Gasteiger partial charge in [-0.25, -0.2) is 0 Å². The lowest BCUT2D eigenvalue weighted by molar-refractivity contribution is -0.136. The molecule has 0 amide bonds. The van der Waals surface area contributed by atoms with E-state index in [4.69, 9.17) is 11.6 Å². The summed E-state index contributed by atoms with van der Waals surface area (Å²) in [5, 5.41) is 5.59. The fraction of sp³-hybridized carbons (Fsp3) is 0.154. The number of nitrogens with zero attached hydrogens (tertiary/aromatic N) is 1. The van der Waals surface area contributed by atoms with E-state index >= 15 is 0 Å². The van der Waals surface area contributed by atoms with Gasteiger partial charge in [0.1, 0.15) is 0 Å². The van der Waals surface area contributed by atoms with Crippen LogP contribution in [0.5, 0.6) is 0 Å². The third-order valence-electron chi connectivity index (χ3n) is 2.59. The molecule has 7 heteroatoms. The maximum Gasteiger partial charge on any atom is 0.418 e. The number of anilines is 3. The Hall–Kier alpha value is -1.95. The highest BCUT2D eigenvalue weighted by atomic mass is 35.5. The van der Waals surface area contributed by atoms with Crippen LogP contribution in [0.25, 0.3) is 0 Å². The van der Waals surface area contributed by atoms with E-state index < -0.39 is 11.7 Å². The molecule has 1 aromatic heterocycles. The first-order chi connectivity index (χ1) is 9.40. The SMILES string of the molecule is CNc1cncc(Nc2ccc(Cl)cc2C(F)(F)F)c1. The van der Waals surface area contributed by atoms with Crippen molar-refractivity contribution in [2.75, 3.05) is 17.7 Å². The van der Waals surface area contributed by atoms with Gasteiger partial charge in [-0.1, -0.05) is 11.6 Å². The lowest BCUT2D eigenvalue weighted by atomic mass is 10.1. The van der Waals surface area contributed by atoms with E-state index in [9.17, 15) is 13.2 Å². The number of hydrogen-bond donors (Lipinski definition) is 2. The lowest BCUT2D eigenvalue weighted by Crippen LogP contribution is -2.09. The van der Waals surface area contributed by atoms with Gasteiger partial charge < -0.3 is 10.6 Å². The third kappa shape index (κ3) is 3.33. The highest BCUT2D eigenvalue weighted by Crippen LogP contribution is 2.37. The predicted molar refractivity (Wildman–Crippen MR) is 73.5 cm³/mol. The number of nitrogens with one attached hydrogen (secondary N) is 2. The Morgan fingerprint density at radius 2 is 1.80 bits per heavy atom. The fourth-order valence-corrected chi connectivity index (χ4v) is 1.83. The maximum atomic E-state index is 12.9. The highest BCUT2D eigenvalue weighted by Gasteiger charge is 2.33. The topological polar surface area (TPSA) is 37.0 Å². The van der Waals surface area contributed by atoms with Crippen molar-refractivity contribution in [3.63, 3.8) is 0 Å². The molecule has 0 radical (unpaired) electrons. The van der Waals surface area contributed by atoms with Gasteiger partial charge in [-0.15, -0.1) is 0 Å². The molecule has 0 aliphatic rings. The van der Waals surface area contributed by atoms with Gasteiger partial charge in [0.2, 0.25) is 0 Å². The number of hydrogen-bond acceptors (Lipinski definition) is 3. The van der Waals surface area contributed by atoms with E-state index in [0.29, 0.717) is 11.4 Å². The average Bonchev–Trinajstić information content (AvgIpc) is 2.40. The Morgan fingerprint density at radius 3 is 2.45 bits per heavy atom. The molecule has 0 aliphatic carbocycles. The van der Waals surface area contributed by atoms with E-state index in [1.54, 1.807) is 19.3 Å². The Balaban J connectivity index is 2.38. The largest absolute Gasteiger partial charge is 0.418 e. The van der Waals surface area contributed by atoms with Crippen molar-refractivity contribution in [3.8, 4) is 0 Å². The van der Waals surface area contributed by atoms with Gasteiger partial charge in [0.15, 0.2) is 0 Å². The molecule has 2 N–H and O–H groups in total. The molecule has 0 saturated carbocycles. The van der Waals surface area contributed by atoms with Gasteiger partial charge in [-0.05, 0) is 24.3 Å². The first kappa shape index (κ1) is 14.5. The molecule has 0 atom stereocenters. The molecule has 0 bridgehead atoms. The van der Waals surface area contributed by atoms with Crippen LogP contribution < -0.4 is 10.6 Å². The van der Waals surface area contributed by atoms with E-state index in [1.807, 2.05) is 0 Å². The average molecular weight is 302 g/mol. The van der Waals surface area contributed by atoms with E-state index in [-0.39, 0.29) is 10.7 Å². The van der Waals surface area contributed by atoms with Crippen LogP contribution in [-0.4, -0.2) is 12.0 Å². The first-order valence-electron chi connectivity index (χ1n) is 5.67. The molecule has 2 aromatic rings. The molecule has 0 spiro atoms. The first-order valence-corrected chi connectivity index (χ1v) is 6.04. The van der Waals surface area contributed by atoms with Crippen LogP contribution in [0.15, 0.2) is 36.7 Å². The summed E-state index contributed by atoms with van der Waals surface area (Å²) < 4.78 is 38.8. The zero-order valence-corrected chi connectivity index (χ0v) is 11.2. The van der Waals surface area contributed by atoms with Crippen LogP contribution in [0.4, 0.5) is 30.2 Å². The number of aromatic nitrogens is 1. The zero-order chi connectivity index (χ0) is 14.8. The summed E-state index contributed by atoms with van der Waals surface area (Å²) in [6, 6.07) is 5.23. The minimum atomic E-state index is -4.48. The predicted octanol–water partition coefficient (Wildman–Crippen LogP) is 4.54. The van der Waals surface area contributed by atoms with Crippen molar-refractivity contribution in [2.24, 2.45) is 0 Å². The maximum absolute atomic E-state index is 12.9. The Morgan fingerprint density at radius 1 is 1.10 bits per heavy atom. The molecule has 3 nitrogen and oxygen atoms in total. The summed E-state index contributed by atoms with van der Waals surface area (Å²) in [5.74, 6) is 0. The normalized spacial score (nSPS) is 11.2. The molecule has 0 saturated heterocycles. The van der Waals surface area contributed by atoms with Crippen LogP contribution in [0.2, 0.25) is 5.02 Å². The molecular formula is C13H11ClF3N3. The van der Waals surface area contributed by atoms with Crippen LogP contribution in [0, 0.1) is 0 Å². The Labute approximate surface area is 118 Å². The second-order valence-electron chi connectivity index (χ2n) is 4.02. The van der Waals surface area contributed by atoms with Gasteiger partial charge in [0, 0.05) is 12.1 Å². The standard InChI is InChI=1S/C13H11ClF3N3/c1-18-9-5-10(7-19-6-9)20-12-3-2-8(14)4-11(12)13(15,16)17/h2-7,18,20H,1H3. The molecule has 20 heavy (non-hydrogen) atoms. The van der Waals surface area contributed by atoms with E-state index in [0.717, 1.165) is 6.07 Å². The summed E-state index contributed by atoms with van der Waals surface area (Å²) in [6.45, 7) is 0. The van der Waals surface area contributed by atoms with Gasteiger partial charge in [0.25, 0.3) is 0 Å². The highest BCUT2D eigenvalue weighted by molar-refractivity contribution is 6.30. The Bertz CT molecular complexity index is 614. The smallest absolute Gasteiger partial charge is 0.387 e. The lowest BCUT2D eigenvalue weighted by Gasteiger charge is -2.15. The van der Waals surface area contributed by atoms with E-state index in [2.05, 4.69) is 15.6 Å². The number of halogens is 4. The molecule has 0 unspecified atom stereocenters. The van der Waals surface area contributed by atoms with Gasteiger partial charge in [0.05, 0.1) is 35.0 Å². The van der Waals surface area contributed by atoms with Gasteiger partial charge in [-0.2, -0.15) is 13.2 Å². The molecule has 0 fully saturated rings. The van der Waals surface area contributed by atoms with Crippen molar-refractivity contribution in [1.29, 1.82) is 0 Å². The van der Waals surface area contributed by atoms with Crippen molar-refractivity contribution < 1.29 is 13.2 Å². The molecule has 106 valence electrons. The molecular weight excluding hydrogens is 291 g/mol. The monoisotopic (exact) mass is 301 g/mol.